The minimum Gasteiger partial charge on any atom is -0.468 e. The number of carbonyl (C=O) groups is 1. The molecule has 0 aliphatic heterocycles. The molecule has 21 heavy (non-hydrogen) atoms. The summed E-state index contributed by atoms with van der Waals surface area (Å²) in [5.74, 6) is 3.15. The lowest BCUT2D eigenvalue weighted by Crippen LogP contribution is -2.38. The highest BCUT2D eigenvalue weighted by molar-refractivity contribution is 5.82. The van der Waals surface area contributed by atoms with Crippen molar-refractivity contribution in [2.75, 3.05) is 6.54 Å². The summed E-state index contributed by atoms with van der Waals surface area (Å²) in [6.45, 7) is 6.36. The molecule has 0 bridgehead atoms. The number of furan rings is 1. The quantitative estimate of drug-likeness (QED) is 0.796. The highest BCUT2D eigenvalue weighted by Crippen LogP contribution is 2.35. The zero-order valence-corrected chi connectivity index (χ0v) is 13.3. The van der Waals surface area contributed by atoms with Crippen molar-refractivity contribution in [1.82, 2.24) is 4.90 Å². The number of Topliss-reactive ketones (excluding diaryl/α,β-unsaturated/α-hetero) is 1. The molecule has 1 heterocycles. The maximum absolute atomic E-state index is 12.3. The van der Waals surface area contributed by atoms with Gasteiger partial charge in [-0.15, -0.1) is 0 Å². The lowest BCUT2D eigenvalue weighted by molar-refractivity contribution is -0.126. The maximum Gasteiger partial charge on any atom is 0.137 e. The number of hydrogen-bond acceptors (Lipinski definition) is 3. The Kier molecular flexibility index (Phi) is 4.48. The third-order valence-corrected chi connectivity index (χ3v) is 5.20. The van der Waals surface area contributed by atoms with Gasteiger partial charge in [-0.2, -0.15) is 0 Å². The molecule has 3 rings (SSSR count). The fraction of sp³-hybridized carbons (Fsp3) is 0.722. The monoisotopic (exact) mass is 289 g/mol. The largest absolute Gasteiger partial charge is 0.468 e. The predicted molar refractivity (Wildman–Crippen MR) is 82.8 cm³/mol. The van der Waals surface area contributed by atoms with Crippen LogP contribution in [0.5, 0.6) is 0 Å². The van der Waals surface area contributed by atoms with Gasteiger partial charge in [0.25, 0.3) is 0 Å². The van der Waals surface area contributed by atoms with Crippen molar-refractivity contribution >= 4 is 5.78 Å². The number of nitrogens with zero attached hydrogens (tertiary/aromatic N) is 1. The molecular formula is C18H27NO2. The van der Waals surface area contributed by atoms with Gasteiger partial charge in [-0.05, 0) is 49.7 Å². The SMILES string of the molecule is CC(C)C1CCC(=O)C(CN(Cc2ccco2)C2CC2)C1. The molecule has 0 amide bonds. The van der Waals surface area contributed by atoms with Gasteiger partial charge in [-0.3, -0.25) is 9.69 Å². The van der Waals surface area contributed by atoms with E-state index in [0.717, 1.165) is 44.0 Å². The molecule has 2 aliphatic rings. The summed E-state index contributed by atoms with van der Waals surface area (Å²) in [7, 11) is 0. The second-order valence-corrected chi connectivity index (χ2v) is 7.18. The van der Waals surface area contributed by atoms with E-state index < -0.39 is 0 Å². The van der Waals surface area contributed by atoms with Crippen molar-refractivity contribution in [2.45, 2.75) is 58.5 Å². The van der Waals surface area contributed by atoms with Crippen LogP contribution in [0.2, 0.25) is 0 Å². The van der Waals surface area contributed by atoms with Crippen LogP contribution < -0.4 is 0 Å². The highest BCUT2D eigenvalue weighted by atomic mass is 16.3. The Bertz CT molecular complexity index is 462. The lowest BCUT2D eigenvalue weighted by atomic mass is 9.75. The molecule has 0 N–H and O–H groups in total. The summed E-state index contributed by atoms with van der Waals surface area (Å²) in [5.41, 5.74) is 0. The molecule has 1 aromatic rings. The van der Waals surface area contributed by atoms with Crippen LogP contribution >= 0.6 is 0 Å². The summed E-state index contributed by atoms with van der Waals surface area (Å²) in [4.78, 5) is 14.8. The average Bonchev–Trinajstić information content (AvgIpc) is 3.18. The van der Waals surface area contributed by atoms with Crippen LogP contribution in [0, 0.1) is 17.8 Å². The average molecular weight is 289 g/mol. The zero-order chi connectivity index (χ0) is 14.8. The van der Waals surface area contributed by atoms with E-state index >= 15 is 0 Å². The van der Waals surface area contributed by atoms with E-state index in [1.165, 1.54) is 12.8 Å². The van der Waals surface area contributed by atoms with Gasteiger partial charge in [0.05, 0.1) is 12.8 Å². The second kappa shape index (κ2) is 6.35. The fourth-order valence-electron chi connectivity index (χ4n) is 3.60. The van der Waals surface area contributed by atoms with Gasteiger partial charge in [-0.25, -0.2) is 0 Å². The third kappa shape index (κ3) is 3.76. The summed E-state index contributed by atoms with van der Waals surface area (Å²) in [6.07, 6.45) is 7.24. The van der Waals surface area contributed by atoms with Crippen molar-refractivity contribution in [3.8, 4) is 0 Å². The van der Waals surface area contributed by atoms with Gasteiger partial charge in [0, 0.05) is 24.9 Å². The van der Waals surface area contributed by atoms with E-state index in [4.69, 9.17) is 4.42 Å². The molecule has 0 spiro atoms. The van der Waals surface area contributed by atoms with Gasteiger partial charge in [0.2, 0.25) is 0 Å². The van der Waals surface area contributed by atoms with E-state index in [1.807, 2.05) is 12.1 Å². The third-order valence-electron chi connectivity index (χ3n) is 5.20. The summed E-state index contributed by atoms with van der Waals surface area (Å²) < 4.78 is 5.49. The van der Waals surface area contributed by atoms with Crippen molar-refractivity contribution in [1.29, 1.82) is 0 Å². The first kappa shape index (κ1) is 14.8. The molecule has 0 aromatic carbocycles. The van der Waals surface area contributed by atoms with E-state index in [2.05, 4.69) is 18.7 Å². The number of rotatable bonds is 6. The fourth-order valence-corrected chi connectivity index (χ4v) is 3.60. The molecule has 1 aromatic heterocycles. The van der Waals surface area contributed by atoms with Gasteiger partial charge < -0.3 is 4.42 Å². The van der Waals surface area contributed by atoms with Gasteiger partial charge >= 0.3 is 0 Å². The summed E-state index contributed by atoms with van der Waals surface area (Å²) >= 11 is 0. The molecule has 3 nitrogen and oxygen atoms in total. The van der Waals surface area contributed by atoms with Crippen LogP contribution in [0.1, 0.15) is 51.7 Å². The summed E-state index contributed by atoms with van der Waals surface area (Å²) in [5, 5.41) is 0. The number of carbonyl (C=O) groups excluding carboxylic acids is 1. The Balaban J connectivity index is 1.62. The van der Waals surface area contributed by atoms with Crippen molar-refractivity contribution in [2.24, 2.45) is 17.8 Å². The van der Waals surface area contributed by atoms with Crippen molar-refractivity contribution < 1.29 is 9.21 Å². The second-order valence-electron chi connectivity index (χ2n) is 7.18. The van der Waals surface area contributed by atoms with Crippen LogP contribution in [0.3, 0.4) is 0 Å². The van der Waals surface area contributed by atoms with E-state index in [0.29, 0.717) is 17.7 Å². The maximum atomic E-state index is 12.3. The van der Waals surface area contributed by atoms with Gasteiger partial charge in [0.15, 0.2) is 0 Å². The minimum absolute atomic E-state index is 0.238. The van der Waals surface area contributed by atoms with Gasteiger partial charge in [0.1, 0.15) is 11.5 Å². The van der Waals surface area contributed by atoms with E-state index in [9.17, 15) is 4.79 Å². The Morgan fingerprint density at radius 3 is 2.76 bits per heavy atom. The Morgan fingerprint density at radius 2 is 2.14 bits per heavy atom. The van der Waals surface area contributed by atoms with Crippen molar-refractivity contribution in [3.63, 3.8) is 0 Å². The molecule has 0 radical (unpaired) electrons. The molecule has 116 valence electrons. The smallest absolute Gasteiger partial charge is 0.137 e. The summed E-state index contributed by atoms with van der Waals surface area (Å²) in [6, 6.07) is 4.65. The molecule has 2 unspecified atom stereocenters. The predicted octanol–water partition coefficient (Wildman–Crippen LogP) is 3.89. The molecule has 2 saturated carbocycles. The number of hydrogen-bond donors (Lipinski definition) is 0. The van der Waals surface area contributed by atoms with Crippen LogP contribution in [0.25, 0.3) is 0 Å². The van der Waals surface area contributed by atoms with Crippen LogP contribution in [-0.2, 0) is 11.3 Å². The van der Waals surface area contributed by atoms with Crippen molar-refractivity contribution in [3.05, 3.63) is 24.2 Å². The van der Waals surface area contributed by atoms with Crippen LogP contribution in [0.4, 0.5) is 0 Å². The zero-order valence-electron chi connectivity index (χ0n) is 13.3. The number of ketones is 1. The van der Waals surface area contributed by atoms with E-state index in [-0.39, 0.29) is 5.92 Å². The minimum atomic E-state index is 0.238. The molecule has 2 atom stereocenters. The topological polar surface area (TPSA) is 33.5 Å². The molecule has 2 fully saturated rings. The molecule has 2 aliphatic carbocycles. The molecule has 3 heteroatoms. The molecular weight excluding hydrogens is 262 g/mol. The highest BCUT2D eigenvalue weighted by Gasteiger charge is 2.36. The first-order valence-corrected chi connectivity index (χ1v) is 8.42. The first-order valence-electron chi connectivity index (χ1n) is 8.42. The first-order chi connectivity index (χ1) is 10.1. The van der Waals surface area contributed by atoms with Gasteiger partial charge in [-0.1, -0.05) is 13.8 Å². The Morgan fingerprint density at radius 1 is 1.33 bits per heavy atom. The Labute approximate surface area is 127 Å². The Hall–Kier alpha value is -1.09. The standard InChI is InChI=1S/C18H27NO2/c1-13(2)14-5-8-18(20)15(10-14)11-19(16-6-7-16)12-17-4-3-9-21-17/h3-4,9,13-16H,5-8,10-12H2,1-2H3. The lowest BCUT2D eigenvalue weighted by Gasteiger charge is -2.34. The molecule has 0 saturated heterocycles. The van der Waals surface area contributed by atoms with Crippen LogP contribution in [-0.4, -0.2) is 23.3 Å². The normalized spacial score (nSPS) is 26.8. The van der Waals surface area contributed by atoms with Crippen LogP contribution in [0.15, 0.2) is 22.8 Å². The van der Waals surface area contributed by atoms with E-state index in [1.54, 1.807) is 6.26 Å².